The number of benzene rings is 2. The molecule has 35 heavy (non-hydrogen) atoms. The quantitative estimate of drug-likeness (QED) is 0.223. The van der Waals surface area contributed by atoms with E-state index in [1.807, 2.05) is 0 Å². The number of methoxy groups -OCH3 is 1. The number of ether oxygens (including phenoxy) is 1. The van der Waals surface area contributed by atoms with E-state index < -0.39 is 47.1 Å². The molecule has 186 valence electrons. The van der Waals surface area contributed by atoms with E-state index in [1.165, 1.54) is 50.4 Å². The van der Waals surface area contributed by atoms with Gasteiger partial charge in [-0.25, -0.2) is 13.2 Å². The smallest absolute Gasteiger partial charge is 0.390 e. The van der Waals surface area contributed by atoms with Crippen LogP contribution in [-0.4, -0.2) is 45.1 Å². The second-order valence-electron chi connectivity index (χ2n) is 8.52. The van der Waals surface area contributed by atoms with E-state index in [1.54, 1.807) is 19.1 Å². The molecular weight excluding hydrogens is 485 g/mol. The van der Waals surface area contributed by atoms with Gasteiger partial charge in [-0.1, -0.05) is 41.9 Å². The van der Waals surface area contributed by atoms with Crippen molar-refractivity contribution in [2.75, 3.05) is 20.2 Å². The SMILES string of the molecule is COC(=O)c1ccc(/C(N=[N+]=[N-])=C2\CN(S(=O)(=O)c3ccc(C)cc3)CC2(C)CC(F)(F)F)cc1. The van der Waals surface area contributed by atoms with Crippen molar-refractivity contribution in [3.05, 3.63) is 81.2 Å². The van der Waals surface area contributed by atoms with Crippen LogP contribution in [0.4, 0.5) is 13.2 Å². The molecule has 1 aliphatic heterocycles. The van der Waals surface area contributed by atoms with Crippen LogP contribution < -0.4 is 0 Å². The summed E-state index contributed by atoms with van der Waals surface area (Å²) >= 11 is 0. The van der Waals surface area contributed by atoms with Crippen molar-refractivity contribution in [3.63, 3.8) is 0 Å². The summed E-state index contributed by atoms with van der Waals surface area (Å²) in [6.07, 6.45) is -5.93. The topological polar surface area (TPSA) is 112 Å². The molecule has 2 aromatic carbocycles. The summed E-state index contributed by atoms with van der Waals surface area (Å²) in [5, 5.41) is 3.65. The minimum absolute atomic E-state index is 0.0362. The van der Waals surface area contributed by atoms with Crippen LogP contribution in [-0.2, 0) is 14.8 Å². The number of alkyl halides is 3. The number of carbonyl (C=O) groups is 1. The Labute approximate surface area is 200 Å². The van der Waals surface area contributed by atoms with Gasteiger partial charge in [0.15, 0.2) is 0 Å². The van der Waals surface area contributed by atoms with Crippen molar-refractivity contribution in [2.24, 2.45) is 10.5 Å². The fourth-order valence-corrected chi connectivity index (χ4v) is 5.65. The van der Waals surface area contributed by atoms with Crippen LogP contribution in [0.3, 0.4) is 0 Å². The molecule has 0 bridgehead atoms. The van der Waals surface area contributed by atoms with E-state index >= 15 is 0 Å². The first-order chi connectivity index (χ1) is 16.3. The van der Waals surface area contributed by atoms with Gasteiger partial charge in [0.1, 0.15) is 0 Å². The van der Waals surface area contributed by atoms with Crippen molar-refractivity contribution in [2.45, 2.75) is 31.3 Å². The van der Waals surface area contributed by atoms with Gasteiger partial charge in [0.2, 0.25) is 10.0 Å². The van der Waals surface area contributed by atoms with Gasteiger partial charge in [0.25, 0.3) is 0 Å². The molecule has 8 nitrogen and oxygen atoms in total. The van der Waals surface area contributed by atoms with E-state index in [4.69, 9.17) is 5.53 Å². The summed E-state index contributed by atoms with van der Waals surface area (Å²) in [5.41, 5.74) is 8.66. The van der Waals surface area contributed by atoms with Crippen molar-refractivity contribution in [1.82, 2.24) is 4.31 Å². The van der Waals surface area contributed by atoms with Gasteiger partial charge >= 0.3 is 12.1 Å². The number of sulfonamides is 1. The predicted octanol–water partition coefficient (Wildman–Crippen LogP) is 5.47. The molecule has 1 aliphatic rings. The van der Waals surface area contributed by atoms with E-state index in [0.29, 0.717) is 0 Å². The third kappa shape index (κ3) is 5.67. The largest absolute Gasteiger partial charge is 0.465 e. The summed E-state index contributed by atoms with van der Waals surface area (Å²) in [6.45, 7) is 2.24. The molecule has 0 radical (unpaired) electrons. The number of nitrogens with zero attached hydrogens (tertiary/aromatic N) is 4. The van der Waals surface area contributed by atoms with Gasteiger partial charge < -0.3 is 4.74 Å². The summed E-state index contributed by atoms with van der Waals surface area (Å²) < 4.78 is 73.0. The highest BCUT2D eigenvalue weighted by Gasteiger charge is 2.50. The highest BCUT2D eigenvalue weighted by Crippen LogP contribution is 2.48. The van der Waals surface area contributed by atoms with Crippen molar-refractivity contribution in [1.29, 1.82) is 0 Å². The molecule has 0 aromatic heterocycles. The maximum Gasteiger partial charge on any atom is 0.390 e. The molecule has 0 saturated carbocycles. The first-order valence-corrected chi connectivity index (χ1v) is 11.9. The fraction of sp³-hybridized carbons (Fsp3) is 0.348. The zero-order valence-electron chi connectivity index (χ0n) is 19.2. The Morgan fingerprint density at radius 3 is 2.23 bits per heavy atom. The monoisotopic (exact) mass is 508 g/mol. The van der Waals surface area contributed by atoms with Crippen molar-refractivity contribution >= 4 is 21.7 Å². The van der Waals surface area contributed by atoms with Crippen LogP contribution in [0.5, 0.6) is 0 Å². The Hall–Kier alpha value is -3.34. The van der Waals surface area contributed by atoms with Gasteiger partial charge in [-0.2, -0.15) is 17.5 Å². The van der Waals surface area contributed by atoms with Crippen LogP contribution in [0.1, 0.15) is 34.8 Å². The van der Waals surface area contributed by atoms with Crippen LogP contribution in [0.15, 0.2) is 64.1 Å². The Bertz CT molecular complexity index is 1300. The molecule has 1 unspecified atom stereocenters. The molecule has 1 atom stereocenters. The maximum atomic E-state index is 13.6. The van der Waals surface area contributed by atoms with Gasteiger partial charge in [-0.15, -0.1) is 0 Å². The molecular formula is C23H23F3N4O4S. The maximum absolute atomic E-state index is 13.6. The molecule has 0 amide bonds. The number of halogens is 3. The first-order valence-electron chi connectivity index (χ1n) is 10.4. The second kappa shape index (κ2) is 9.73. The lowest BCUT2D eigenvalue weighted by Crippen LogP contribution is -2.33. The number of esters is 1. The number of rotatable bonds is 6. The molecule has 0 aliphatic carbocycles. The first kappa shape index (κ1) is 26.3. The minimum atomic E-state index is -4.61. The zero-order chi connectivity index (χ0) is 26.0. The van der Waals surface area contributed by atoms with Gasteiger partial charge in [-0.3, -0.25) is 0 Å². The van der Waals surface area contributed by atoms with Crippen LogP contribution in [0.2, 0.25) is 0 Å². The van der Waals surface area contributed by atoms with E-state index in [-0.39, 0.29) is 27.3 Å². The highest BCUT2D eigenvalue weighted by atomic mass is 32.2. The number of azide groups is 1. The van der Waals surface area contributed by atoms with E-state index in [0.717, 1.165) is 9.87 Å². The van der Waals surface area contributed by atoms with E-state index in [2.05, 4.69) is 14.8 Å². The predicted molar refractivity (Wildman–Crippen MR) is 123 cm³/mol. The number of aryl methyl sites for hydroxylation is 1. The molecule has 3 rings (SSSR count). The highest BCUT2D eigenvalue weighted by molar-refractivity contribution is 7.89. The number of hydrogen-bond donors (Lipinski definition) is 0. The summed E-state index contributed by atoms with van der Waals surface area (Å²) in [5.74, 6) is -0.618. The number of carbonyl (C=O) groups excluding carboxylic acids is 1. The average molecular weight is 509 g/mol. The third-order valence-corrected chi connectivity index (χ3v) is 7.65. The molecule has 2 aromatic rings. The third-order valence-electron chi connectivity index (χ3n) is 5.85. The van der Waals surface area contributed by atoms with Gasteiger partial charge in [0, 0.05) is 29.1 Å². The molecule has 1 heterocycles. The molecule has 0 N–H and O–H groups in total. The Morgan fingerprint density at radius 2 is 1.71 bits per heavy atom. The van der Waals surface area contributed by atoms with Crippen molar-refractivity contribution in [3.8, 4) is 0 Å². The summed E-state index contributed by atoms with van der Waals surface area (Å²) in [6, 6.07) is 11.6. The van der Waals surface area contributed by atoms with E-state index in [9.17, 15) is 26.4 Å². The lowest BCUT2D eigenvalue weighted by molar-refractivity contribution is -0.150. The lowest BCUT2D eigenvalue weighted by atomic mass is 9.79. The van der Waals surface area contributed by atoms with Crippen LogP contribution in [0.25, 0.3) is 16.1 Å². The molecule has 12 heteroatoms. The number of hydrogen-bond acceptors (Lipinski definition) is 5. The standard InChI is InChI=1S/C23H23F3N4O4S/c1-15-4-10-18(11-5-15)35(32,33)30-12-19(22(2,14-30)13-23(24,25)26)20(28-29-27)16-6-8-17(9-7-16)21(31)34-3/h4-11H,12-14H2,1-3H3/b20-19-. The van der Waals surface area contributed by atoms with Crippen LogP contribution >= 0.6 is 0 Å². The average Bonchev–Trinajstić information content (AvgIpc) is 3.13. The van der Waals surface area contributed by atoms with Crippen LogP contribution in [0, 0.1) is 12.3 Å². The lowest BCUT2D eigenvalue weighted by Gasteiger charge is -2.28. The fourth-order valence-electron chi connectivity index (χ4n) is 4.12. The molecule has 1 saturated heterocycles. The normalized spacial score (nSPS) is 20.3. The Balaban J connectivity index is 2.16. The Morgan fingerprint density at radius 1 is 1.14 bits per heavy atom. The molecule has 0 spiro atoms. The second-order valence-corrected chi connectivity index (χ2v) is 10.5. The summed E-state index contributed by atoms with van der Waals surface area (Å²) in [7, 11) is -2.93. The summed E-state index contributed by atoms with van der Waals surface area (Å²) in [4.78, 5) is 14.5. The minimum Gasteiger partial charge on any atom is -0.465 e. The van der Waals surface area contributed by atoms with Crippen molar-refractivity contribution < 1.29 is 31.1 Å². The Kier molecular flexibility index (Phi) is 7.30. The zero-order valence-corrected chi connectivity index (χ0v) is 20.0. The van der Waals surface area contributed by atoms with Gasteiger partial charge in [0.05, 0.1) is 24.0 Å². The van der Waals surface area contributed by atoms with Gasteiger partial charge in [-0.05, 0) is 47.9 Å². The molecule has 1 fully saturated rings.